The van der Waals surface area contributed by atoms with E-state index in [0.717, 1.165) is 54.3 Å². The second kappa shape index (κ2) is 10.8. The maximum Gasteiger partial charge on any atom is 0.257 e. The van der Waals surface area contributed by atoms with E-state index in [-0.39, 0.29) is 12.1 Å². The molecule has 2 saturated heterocycles. The van der Waals surface area contributed by atoms with Crippen molar-refractivity contribution < 1.29 is 14.3 Å². The highest BCUT2D eigenvalue weighted by Gasteiger charge is 2.23. The van der Waals surface area contributed by atoms with Gasteiger partial charge in [-0.3, -0.25) is 15.4 Å². The maximum absolute atomic E-state index is 13.2. The number of nitrogens with one attached hydrogen (secondary N) is 2. The lowest BCUT2D eigenvalue weighted by atomic mass is 10.1. The molecule has 2 aliphatic heterocycles. The SMILES string of the molecule is CCN(c1cc(C(=O)Nc2nc3c(OC)ccc(N4CCOCC4)c3s2)ccn1)C1CCCCN1. The molecule has 1 amide bonds. The quantitative estimate of drug-likeness (QED) is 0.512. The van der Waals surface area contributed by atoms with Crippen LogP contribution < -0.4 is 25.2 Å². The van der Waals surface area contributed by atoms with Gasteiger partial charge in [-0.15, -0.1) is 0 Å². The van der Waals surface area contributed by atoms with Gasteiger partial charge in [-0.2, -0.15) is 0 Å². The van der Waals surface area contributed by atoms with Crippen LogP contribution in [0, 0.1) is 0 Å². The highest BCUT2D eigenvalue weighted by molar-refractivity contribution is 7.23. The van der Waals surface area contributed by atoms with E-state index in [2.05, 4.69) is 38.4 Å². The molecule has 2 N–H and O–H groups in total. The zero-order valence-corrected chi connectivity index (χ0v) is 21.1. The number of nitrogens with zero attached hydrogens (tertiary/aromatic N) is 4. The Hall–Kier alpha value is -2.95. The van der Waals surface area contributed by atoms with Crippen LogP contribution in [-0.2, 0) is 4.74 Å². The first-order chi connectivity index (χ1) is 17.2. The van der Waals surface area contributed by atoms with Crippen molar-refractivity contribution >= 4 is 44.1 Å². The van der Waals surface area contributed by atoms with Gasteiger partial charge < -0.3 is 19.3 Å². The summed E-state index contributed by atoms with van der Waals surface area (Å²) in [6, 6.07) is 7.60. The Morgan fingerprint density at radius 3 is 2.91 bits per heavy atom. The molecule has 0 spiro atoms. The predicted octanol–water partition coefficient (Wildman–Crippen LogP) is 3.71. The first kappa shape index (κ1) is 23.8. The van der Waals surface area contributed by atoms with E-state index in [1.165, 1.54) is 24.2 Å². The molecule has 4 heterocycles. The molecule has 35 heavy (non-hydrogen) atoms. The average Bonchev–Trinajstić information content (AvgIpc) is 3.33. The van der Waals surface area contributed by atoms with Gasteiger partial charge in [0.25, 0.3) is 5.91 Å². The number of morpholine rings is 1. The summed E-state index contributed by atoms with van der Waals surface area (Å²) in [6.07, 6.45) is 5.42. The van der Waals surface area contributed by atoms with E-state index in [0.29, 0.717) is 29.7 Å². The lowest BCUT2D eigenvalue weighted by Crippen LogP contribution is -2.48. The van der Waals surface area contributed by atoms with Gasteiger partial charge in [0.05, 0.1) is 36.9 Å². The Balaban J connectivity index is 1.39. The molecule has 0 aliphatic carbocycles. The van der Waals surface area contributed by atoms with Gasteiger partial charge in [-0.25, -0.2) is 9.97 Å². The van der Waals surface area contributed by atoms with Crippen molar-refractivity contribution in [3.63, 3.8) is 0 Å². The molecule has 0 bridgehead atoms. The van der Waals surface area contributed by atoms with Gasteiger partial charge in [0, 0.05) is 31.4 Å². The molecule has 2 fully saturated rings. The zero-order valence-electron chi connectivity index (χ0n) is 20.2. The van der Waals surface area contributed by atoms with Gasteiger partial charge in [0.15, 0.2) is 5.13 Å². The van der Waals surface area contributed by atoms with Crippen LogP contribution in [0.25, 0.3) is 10.2 Å². The molecule has 0 radical (unpaired) electrons. The second-order valence-electron chi connectivity index (χ2n) is 8.69. The molecular weight excluding hydrogens is 464 g/mol. The van der Waals surface area contributed by atoms with Gasteiger partial charge in [-0.1, -0.05) is 11.3 Å². The highest BCUT2D eigenvalue weighted by Crippen LogP contribution is 2.39. The van der Waals surface area contributed by atoms with Crippen LogP contribution in [0.5, 0.6) is 5.75 Å². The number of carbonyl (C=O) groups excluding carboxylic acids is 1. The Morgan fingerprint density at radius 1 is 1.31 bits per heavy atom. The van der Waals surface area contributed by atoms with E-state index < -0.39 is 0 Å². The van der Waals surface area contributed by atoms with Crippen molar-refractivity contribution in [2.75, 3.05) is 61.6 Å². The van der Waals surface area contributed by atoms with Crippen molar-refractivity contribution in [2.45, 2.75) is 32.4 Å². The average molecular weight is 497 g/mol. The van der Waals surface area contributed by atoms with E-state index >= 15 is 0 Å². The maximum atomic E-state index is 13.2. The largest absolute Gasteiger partial charge is 0.494 e. The van der Waals surface area contributed by atoms with Crippen LogP contribution in [-0.4, -0.2) is 68.5 Å². The third kappa shape index (κ3) is 5.05. The van der Waals surface area contributed by atoms with E-state index in [1.54, 1.807) is 19.4 Å². The van der Waals surface area contributed by atoms with Gasteiger partial charge >= 0.3 is 0 Å². The first-order valence-corrected chi connectivity index (χ1v) is 13.1. The molecule has 1 atom stereocenters. The number of pyridine rings is 1. The number of thiazole rings is 1. The number of piperidine rings is 1. The topological polar surface area (TPSA) is 91.9 Å². The molecule has 186 valence electrons. The van der Waals surface area contributed by atoms with Crippen LogP contribution in [0.1, 0.15) is 36.5 Å². The lowest BCUT2D eigenvalue weighted by molar-refractivity contribution is 0.102. The molecule has 2 aliphatic rings. The van der Waals surface area contributed by atoms with Gasteiger partial charge in [-0.05, 0) is 57.0 Å². The predicted molar refractivity (Wildman–Crippen MR) is 140 cm³/mol. The van der Waals surface area contributed by atoms with Crippen molar-refractivity contribution in [1.82, 2.24) is 15.3 Å². The molecule has 10 heteroatoms. The Morgan fingerprint density at radius 2 is 2.17 bits per heavy atom. The number of rotatable bonds is 7. The van der Waals surface area contributed by atoms with Gasteiger partial charge in [0.1, 0.15) is 17.1 Å². The lowest BCUT2D eigenvalue weighted by Gasteiger charge is -2.35. The van der Waals surface area contributed by atoms with E-state index in [9.17, 15) is 4.79 Å². The third-order valence-electron chi connectivity index (χ3n) is 6.58. The number of amides is 1. The summed E-state index contributed by atoms with van der Waals surface area (Å²) in [5, 5.41) is 7.11. The number of hydrogen-bond acceptors (Lipinski definition) is 9. The molecule has 5 rings (SSSR count). The Labute approximate surface area is 209 Å². The number of methoxy groups -OCH3 is 1. The number of fused-ring (bicyclic) bond motifs is 1. The number of benzene rings is 1. The highest BCUT2D eigenvalue weighted by atomic mass is 32.1. The fourth-order valence-electron chi connectivity index (χ4n) is 4.77. The number of anilines is 3. The van der Waals surface area contributed by atoms with Crippen LogP contribution >= 0.6 is 11.3 Å². The first-order valence-electron chi connectivity index (χ1n) is 12.3. The fraction of sp³-hybridized carbons (Fsp3) is 0.480. The summed E-state index contributed by atoms with van der Waals surface area (Å²) >= 11 is 1.47. The molecule has 1 unspecified atom stereocenters. The summed E-state index contributed by atoms with van der Waals surface area (Å²) < 4.78 is 12.1. The van der Waals surface area contributed by atoms with Crippen molar-refractivity contribution in [3.05, 3.63) is 36.0 Å². The normalized spacial score (nSPS) is 18.5. The van der Waals surface area contributed by atoms with Gasteiger partial charge in [0.2, 0.25) is 0 Å². The van der Waals surface area contributed by atoms with Crippen molar-refractivity contribution in [2.24, 2.45) is 0 Å². The third-order valence-corrected chi connectivity index (χ3v) is 7.57. The van der Waals surface area contributed by atoms with E-state index in [1.807, 2.05) is 12.1 Å². The van der Waals surface area contributed by atoms with Crippen molar-refractivity contribution in [3.8, 4) is 5.75 Å². The molecule has 2 aromatic heterocycles. The summed E-state index contributed by atoms with van der Waals surface area (Å²) in [4.78, 5) is 27.0. The minimum Gasteiger partial charge on any atom is -0.494 e. The van der Waals surface area contributed by atoms with E-state index in [4.69, 9.17) is 14.5 Å². The molecule has 9 nitrogen and oxygen atoms in total. The minimum atomic E-state index is -0.202. The Bertz CT molecular complexity index is 1170. The van der Waals surface area contributed by atoms with Crippen LogP contribution in [0.3, 0.4) is 0 Å². The smallest absolute Gasteiger partial charge is 0.257 e. The monoisotopic (exact) mass is 496 g/mol. The second-order valence-corrected chi connectivity index (χ2v) is 9.69. The summed E-state index contributed by atoms with van der Waals surface area (Å²) in [5.74, 6) is 1.30. The zero-order chi connectivity index (χ0) is 24.2. The van der Waals surface area contributed by atoms with Crippen LogP contribution in [0.15, 0.2) is 30.5 Å². The fourth-order valence-corrected chi connectivity index (χ4v) is 5.79. The summed E-state index contributed by atoms with van der Waals surface area (Å²) in [7, 11) is 1.64. The number of hydrogen-bond donors (Lipinski definition) is 2. The van der Waals surface area contributed by atoms with Crippen LogP contribution in [0.4, 0.5) is 16.6 Å². The molecule has 0 saturated carbocycles. The molecule has 1 aromatic carbocycles. The number of carbonyl (C=O) groups is 1. The van der Waals surface area contributed by atoms with Crippen molar-refractivity contribution in [1.29, 1.82) is 0 Å². The Kier molecular flexibility index (Phi) is 7.31. The standard InChI is InChI=1S/C25H32N6O3S/c1-3-31(20-6-4-5-10-26-20)21-16-17(9-11-27-21)24(32)29-25-28-22-19(33-2)8-7-18(23(22)35-25)30-12-14-34-15-13-30/h7-9,11,16,20,26H,3-6,10,12-15H2,1-2H3,(H,28,29,32). The molecular formula is C25H32N6O3S. The minimum absolute atomic E-state index is 0.202. The van der Waals surface area contributed by atoms with Crippen LogP contribution in [0.2, 0.25) is 0 Å². The summed E-state index contributed by atoms with van der Waals surface area (Å²) in [5.41, 5.74) is 2.41. The number of ether oxygens (including phenoxy) is 2. The molecule has 3 aromatic rings. The number of aromatic nitrogens is 2. The summed E-state index contributed by atoms with van der Waals surface area (Å²) in [6.45, 7) is 6.99.